The monoisotopic (exact) mass is 366 g/mol. The van der Waals surface area contributed by atoms with Crippen LogP contribution in [-0.4, -0.2) is 33.8 Å². The van der Waals surface area contributed by atoms with Gasteiger partial charge in [-0.25, -0.2) is 9.38 Å². The van der Waals surface area contributed by atoms with Crippen LogP contribution in [0.4, 0.5) is 4.39 Å². The van der Waals surface area contributed by atoms with Crippen LogP contribution in [0.25, 0.3) is 5.69 Å². The molecule has 0 amide bonds. The summed E-state index contributed by atoms with van der Waals surface area (Å²) >= 11 is 0. The Morgan fingerprint density at radius 2 is 1.85 bits per heavy atom. The third kappa shape index (κ3) is 5.37. The molecule has 0 saturated carbocycles. The lowest BCUT2D eigenvalue weighted by atomic mass is 10.1. The van der Waals surface area contributed by atoms with Crippen LogP contribution in [0.15, 0.2) is 65.9 Å². The Bertz CT molecular complexity index is 858. The molecular weight excluding hydrogens is 343 g/mol. The Labute approximate surface area is 158 Å². The number of nitrogens with one attached hydrogen (secondary N) is 2. The molecule has 0 atom stereocenters. The van der Waals surface area contributed by atoms with E-state index in [1.165, 1.54) is 12.1 Å². The Hall–Kier alpha value is -3.22. The van der Waals surface area contributed by atoms with Crippen LogP contribution in [0, 0.1) is 5.82 Å². The standard InChI is InChI=1S/C20H23FN6/c1-2-22-20(23-13-12-16-8-10-17(21)11-9-16)24-14-19-26-25-15-27(19)18-6-4-3-5-7-18/h3-11,15H,2,12-14H2,1H3,(H2,22,23,24). The van der Waals surface area contributed by atoms with Crippen molar-refractivity contribution in [2.24, 2.45) is 4.99 Å². The van der Waals surface area contributed by atoms with E-state index in [0.29, 0.717) is 19.0 Å². The number of aliphatic imine (C=N–C) groups is 1. The summed E-state index contributed by atoms with van der Waals surface area (Å²) in [6.07, 6.45) is 2.47. The third-order valence-electron chi connectivity index (χ3n) is 3.99. The molecule has 0 aliphatic heterocycles. The van der Waals surface area contributed by atoms with Gasteiger partial charge >= 0.3 is 0 Å². The fraction of sp³-hybridized carbons (Fsp3) is 0.250. The predicted octanol–water partition coefficient (Wildman–Crippen LogP) is 2.70. The lowest BCUT2D eigenvalue weighted by Crippen LogP contribution is -2.38. The second-order valence-electron chi connectivity index (χ2n) is 5.95. The molecule has 27 heavy (non-hydrogen) atoms. The molecule has 0 fully saturated rings. The smallest absolute Gasteiger partial charge is 0.191 e. The second kappa shape index (κ2) is 9.47. The van der Waals surface area contributed by atoms with Gasteiger partial charge in [-0.1, -0.05) is 30.3 Å². The Balaban J connectivity index is 1.61. The van der Waals surface area contributed by atoms with Crippen molar-refractivity contribution >= 4 is 5.96 Å². The van der Waals surface area contributed by atoms with E-state index < -0.39 is 0 Å². The number of nitrogens with zero attached hydrogens (tertiary/aromatic N) is 4. The van der Waals surface area contributed by atoms with Crippen LogP contribution in [0.3, 0.4) is 0 Å². The van der Waals surface area contributed by atoms with E-state index in [1.54, 1.807) is 18.5 Å². The number of guanidine groups is 1. The normalized spacial score (nSPS) is 11.4. The highest BCUT2D eigenvalue weighted by Crippen LogP contribution is 2.09. The largest absolute Gasteiger partial charge is 0.357 e. The van der Waals surface area contributed by atoms with Gasteiger partial charge in [-0.05, 0) is 43.2 Å². The summed E-state index contributed by atoms with van der Waals surface area (Å²) in [4.78, 5) is 4.60. The molecule has 140 valence electrons. The van der Waals surface area contributed by atoms with Crippen molar-refractivity contribution in [3.63, 3.8) is 0 Å². The molecule has 7 heteroatoms. The predicted molar refractivity (Wildman–Crippen MR) is 104 cm³/mol. The van der Waals surface area contributed by atoms with E-state index >= 15 is 0 Å². The van der Waals surface area contributed by atoms with Crippen molar-refractivity contribution in [3.05, 3.63) is 78.1 Å². The average molecular weight is 366 g/mol. The van der Waals surface area contributed by atoms with Gasteiger partial charge in [0.25, 0.3) is 0 Å². The minimum Gasteiger partial charge on any atom is -0.357 e. The molecule has 1 aromatic heterocycles. The summed E-state index contributed by atoms with van der Waals surface area (Å²) in [5.41, 5.74) is 2.07. The van der Waals surface area contributed by atoms with Gasteiger partial charge in [0.05, 0.1) is 0 Å². The van der Waals surface area contributed by atoms with Crippen LogP contribution < -0.4 is 10.6 Å². The molecule has 1 heterocycles. The lowest BCUT2D eigenvalue weighted by molar-refractivity contribution is 0.626. The van der Waals surface area contributed by atoms with E-state index in [1.807, 2.05) is 41.8 Å². The maximum atomic E-state index is 13.0. The fourth-order valence-electron chi connectivity index (χ4n) is 2.64. The molecule has 0 aliphatic carbocycles. The van der Waals surface area contributed by atoms with E-state index in [2.05, 4.69) is 25.8 Å². The number of halogens is 1. The molecule has 0 aliphatic rings. The molecule has 3 rings (SSSR count). The van der Waals surface area contributed by atoms with Crippen molar-refractivity contribution in [2.75, 3.05) is 13.1 Å². The Morgan fingerprint density at radius 1 is 1.07 bits per heavy atom. The molecule has 0 radical (unpaired) electrons. The highest BCUT2D eigenvalue weighted by atomic mass is 19.1. The minimum atomic E-state index is -0.218. The molecule has 3 aromatic rings. The maximum Gasteiger partial charge on any atom is 0.191 e. The van der Waals surface area contributed by atoms with Crippen molar-refractivity contribution in [1.82, 2.24) is 25.4 Å². The van der Waals surface area contributed by atoms with Gasteiger partial charge in [0.1, 0.15) is 18.7 Å². The summed E-state index contributed by atoms with van der Waals surface area (Å²) in [6.45, 7) is 3.88. The van der Waals surface area contributed by atoms with Crippen molar-refractivity contribution < 1.29 is 4.39 Å². The molecule has 2 N–H and O–H groups in total. The van der Waals surface area contributed by atoms with Crippen LogP contribution in [0.1, 0.15) is 18.3 Å². The molecule has 6 nitrogen and oxygen atoms in total. The molecule has 0 bridgehead atoms. The molecular formula is C20H23FN6. The SMILES string of the molecule is CCNC(=NCc1nncn1-c1ccccc1)NCCc1ccc(F)cc1. The number of hydrogen-bond donors (Lipinski definition) is 2. The van der Waals surface area contributed by atoms with E-state index in [9.17, 15) is 4.39 Å². The fourth-order valence-corrected chi connectivity index (χ4v) is 2.64. The van der Waals surface area contributed by atoms with Gasteiger partial charge < -0.3 is 10.6 Å². The minimum absolute atomic E-state index is 0.218. The van der Waals surface area contributed by atoms with Crippen molar-refractivity contribution in [3.8, 4) is 5.69 Å². The topological polar surface area (TPSA) is 67.1 Å². The first-order valence-corrected chi connectivity index (χ1v) is 8.97. The van der Waals surface area contributed by atoms with Crippen LogP contribution in [0.5, 0.6) is 0 Å². The first-order valence-electron chi connectivity index (χ1n) is 8.97. The summed E-state index contributed by atoms with van der Waals surface area (Å²) in [6, 6.07) is 16.5. The quantitative estimate of drug-likeness (QED) is 0.498. The first kappa shape index (κ1) is 18.6. The first-order chi connectivity index (χ1) is 13.3. The van der Waals surface area contributed by atoms with E-state index in [-0.39, 0.29) is 5.82 Å². The van der Waals surface area contributed by atoms with Gasteiger partial charge in [0, 0.05) is 18.8 Å². The second-order valence-corrected chi connectivity index (χ2v) is 5.95. The average Bonchev–Trinajstić information content (AvgIpc) is 3.17. The van der Waals surface area contributed by atoms with Gasteiger partial charge in [0.2, 0.25) is 0 Å². The van der Waals surface area contributed by atoms with Gasteiger partial charge in [-0.2, -0.15) is 0 Å². The van der Waals surface area contributed by atoms with Crippen LogP contribution >= 0.6 is 0 Å². The zero-order chi connectivity index (χ0) is 18.9. The zero-order valence-corrected chi connectivity index (χ0v) is 15.3. The van der Waals surface area contributed by atoms with Gasteiger partial charge in [0.15, 0.2) is 11.8 Å². The number of benzene rings is 2. The maximum absolute atomic E-state index is 13.0. The summed E-state index contributed by atoms with van der Waals surface area (Å²) < 4.78 is 14.9. The van der Waals surface area contributed by atoms with Gasteiger partial charge in [-0.3, -0.25) is 4.57 Å². The number of aromatic nitrogens is 3. The molecule has 2 aromatic carbocycles. The summed E-state index contributed by atoms with van der Waals surface area (Å²) in [5.74, 6) is 1.25. The highest BCUT2D eigenvalue weighted by molar-refractivity contribution is 5.79. The zero-order valence-electron chi connectivity index (χ0n) is 15.3. The lowest BCUT2D eigenvalue weighted by Gasteiger charge is -2.11. The molecule has 0 saturated heterocycles. The highest BCUT2D eigenvalue weighted by Gasteiger charge is 2.06. The number of hydrogen-bond acceptors (Lipinski definition) is 3. The Kier molecular flexibility index (Phi) is 6.51. The van der Waals surface area contributed by atoms with Crippen molar-refractivity contribution in [2.45, 2.75) is 19.9 Å². The van der Waals surface area contributed by atoms with Crippen LogP contribution in [-0.2, 0) is 13.0 Å². The summed E-state index contributed by atoms with van der Waals surface area (Å²) in [7, 11) is 0. The number of rotatable bonds is 7. The Morgan fingerprint density at radius 3 is 2.59 bits per heavy atom. The van der Waals surface area contributed by atoms with E-state index in [0.717, 1.165) is 30.0 Å². The van der Waals surface area contributed by atoms with E-state index in [4.69, 9.17) is 0 Å². The van der Waals surface area contributed by atoms with Crippen LogP contribution in [0.2, 0.25) is 0 Å². The number of para-hydroxylation sites is 1. The molecule has 0 spiro atoms. The van der Waals surface area contributed by atoms with Crippen molar-refractivity contribution in [1.29, 1.82) is 0 Å². The summed E-state index contributed by atoms with van der Waals surface area (Å²) in [5, 5.41) is 14.7. The third-order valence-corrected chi connectivity index (χ3v) is 3.99. The molecule has 0 unspecified atom stereocenters. The van der Waals surface area contributed by atoms with Gasteiger partial charge in [-0.15, -0.1) is 10.2 Å².